The Morgan fingerprint density at radius 2 is 1.46 bits per heavy atom. The van der Waals surface area contributed by atoms with Crippen LogP contribution in [-0.2, 0) is 16.8 Å². The molecule has 0 saturated carbocycles. The van der Waals surface area contributed by atoms with Gasteiger partial charge in [-0.1, -0.05) is 65.2 Å². The monoisotopic (exact) mass is 358 g/mol. The number of aryl methyl sites for hydroxylation is 1. The van der Waals surface area contributed by atoms with E-state index >= 15 is 0 Å². The lowest BCUT2D eigenvalue weighted by molar-refractivity contribution is -0.696. The number of hydrogen-bond donors (Lipinski definition) is 0. The Morgan fingerprint density at radius 1 is 0.917 bits per heavy atom. The standard InChI is InChI=1S/C18H36N3O2S/c1-4-6-7-8-9-10-11-12-13-14-15-20-16-17-21(18-20)24(22,23)19(3)5-2/h16-18H,4-15H2,1-3H3/q+1. The smallest absolute Gasteiger partial charge is 0.236 e. The van der Waals surface area contributed by atoms with E-state index in [1.165, 1.54) is 66.1 Å². The Morgan fingerprint density at radius 3 is 2.00 bits per heavy atom. The van der Waals surface area contributed by atoms with Crippen molar-refractivity contribution >= 4 is 10.2 Å². The molecule has 24 heavy (non-hydrogen) atoms. The number of nitrogens with zero attached hydrogens (tertiary/aromatic N) is 3. The zero-order valence-corrected chi connectivity index (χ0v) is 16.6. The van der Waals surface area contributed by atoms with Crippen molar-refractivity contribution in [2.75, 3.05) is 13.6 Å². The van der Waals surface area contributed by atoms with Crippen molar-refractivity contribution < 1.29 is 13.0 Å². The van der Waals surface area contributed by atoms with Gasteiger partial charge in [-0.2, -0.15) is 12.7 Å². The van der Waals surface area contributed by atoms with Crippen molar-refractivity contribution in [3.05, 3.63) is 18.7 Å². The van der Waals surface area contributed by atoms with Crippen LogP contribution in [0.2, 0.25) is 0 Å². The maximum absolute atomic E-state index is 12.2. The van der Waals surface area contributed by atoms with Crippen LogP contribution < -0.4 is 4.57 Å². The summed E-state index contributed by atoms with van der Waals surface area (Å²) in [5, 5.41) is 0. The molecule has 140 valence electrons. The van der Waals surface area contributed by atoms with Gasteiger partial charge in [0.25, 0.3) is 6.33 Å². The molecule has 0 spiro atoms. The molecular weight excluding hydrogens is 322 g/mol. The predicted octanol–water partition coefficient (Wildman–Crippen LogP) is 3.74. The highest BCUT2D eigenvalue weighted by molar-refractivity contribution is 7.87. The third kappa shape index (κ3) is 7.34. The minimum Gasteiger partial charge on any atom is -0.236 e. The van der Waals surface area contributed by atoms with Crippen molar-refractivity contribution in [3.63, 3.8) is 0 Å². The molecule has 0 radical (unpaired) electrons. The zero-order valence-electron chi connectivity index (χ0n) is 15.8. The van der Waals surface area contributed by atoms with Crippen molar-refractivity contribution in [1.29, 1.82) is 0 Å². The minimum absolute atomic E-state index is 0.471. The van der Waals surface area contributed by atoms with Crippen LogP contribution in [0.25, 0.3) is 0 Å². The van der Waals surface area contributed by atoms with E-state index in [0.29, 0.717) is 6.54 Å². The predicted molar refractivity (Wildman–Crippen MR) is 99.1 cm³/mol. The minimum atomic E-state index is -3.39. The fourth-order valence-electron chi connectivity index (χ4n) is 2.75. The van der Waals surface area contributed by atoms with E-state index in [1.54, 1.807) is 19.6 Å². The van der Waals surface area contributed by atoms with Gasteiger partial charge in [0.2, 0.25) is 0 Å². The maximum atomic E-state index is 12.2. The van der Waals surface area contributed by atoms with E-state index in [0.717, 1.165) is 13.0 Å². The van der Waals surface area contributed by atoms with Gasteiger partial charge in [-0.15, -0.1) is 3.97 Å². The Kier molecular flexibility index (Phi) is 10.3. The molecule has 0 aliphatic carbocycles. The van der Waals surface area contributed by atoms with Crippen LogP contribution in [0.15, 0.2) is 18.7 Å². The van der Waals surface area contributed by atoms with Crippen LogP contribution in [-0.4, -0.2) is 30.3 Å². The highest BCUT2D eigenvalue weighted by Crippen LogP contribution is 2.10. The molecule has 0 bridgehead atoms. The van der Waals surface area contributed by atoms with E-state index in [1.807, 2.05) is 17.7 Å². The van der Waals surface area contributed by atoms with Crippen molar-refractivity contribution in [1.82, 2.24) is 8.28 Å². The van der Waals surface area contributed by atoms with Crippen molar-refractivity contribution in [2.45, 2.75) is 84.6 Å². The summed E-state index contributed by atoms with van der Waals surface area (Å²) in [5.41, 5.74) is 0. The molecule has 0 aromatic carbocycles. The quantitative estimate of drug-likeness (QED) is 0.376. The topological polar surface area (TPSA) is 46.2 Å². The van der Waals surface area contributed by atoms with Crippen LogP contribution >= 0.6 is 0 Å². The Labute approximate surface area is 148 Å². The summed E-state index contributed by atoms with van der Waals surface area (Å²) in [6.07, 6.45) is 18.3. The van der Waals surface area contributed by atoms with Crippen LogP contribution in [0, 0.1) is 0 Å². The van der Waals surface area contributed by atoms with Crippen LogP contribution in [0.3, 0.4) is 0 Å². The lowest BCUT2D eigenvalue weighted by atomic mass is 10.1. The van der Waals surface area contributed by atoms with E-state index in [-0.39, 0.29) is 0 Å². The average molecular weight is 359 g/mol. The molecular formula is C18H36N3O2S+. The molecule has 0 atom stereocenters. The molecule has 0 amide bonds. The molecule has 0 fully saturated rings. The van der Waals surface area contributed by atoms with Crippen LogP contribution in [0.1, 0.15) is 78.1 Å². The van der Waals surface area contributed by atoms with Gasteiger partial charge in [0.15, 0.2) is 0 Å². The number of unbranched alkanes of at least 4 members (excludes halogenated alkanes) is 9. The average Bonchev–Trinajstić information content (AvgIpc) is 3.05. The summed E-state index contributed by atoms with van der Waals surface area (Å²) < 4.78 is 29.0. The Hall–Kier alpha value is -0.880. The van der Waals surface area contributed by atoms with Gasteiger partial charge in [0.1, 0.15) is 12.4 Å². The lowest BCUT2D eigenvalue weighted by Crippen LogP contribution is -2.35. The fourth-order valence-corrected chi connectivity index (χ4v) is 3.85. The van der Waals surface area contributed by atoms with Gasteiger partial charge in [0, 0.05) is 13.6 Å². The lowest BCUT2D eigenvalue weighted by Gasteiger charge is -2.10. The van der Waals surface area contributed by atoms with Crippen molar-refractivity contribution in [3.8, 4) is 0 Å². The normalized spacial score (nSPS) is 12.2. The molecule has 0 unspecified atom stereocenters. The summed E-state index contributed by atoms with van der Waals surface area (Å²) in [6.45, 7) is 5.44. The largest absolute Gasteiger partial charge is 0.379 e. The van der Waals surface area contributed by atoms with Crippen LogP contribution in [0.4, 0.5) is 0 Å². The number of rotatable bonds is 14. The number of imidazole rings is 1. The Balaban J connectivity index is 2.16. The summed E-state index contributed by atoms with van der Waals surface area (Å²) in [7, 11) is -1.79. The molecule has 0 saturated heterocycles. The second-order valence-electron chi connectivity index (χ2n) is 6.59. The summed E-state index contributed by atoms with van der Waals surface area (Å²) in [6, 6.07) is 0. The van der Waals surface area contributed by atoms with Gasteiger partial charge < -0.3 is 0 Å². The van der Waals surface area contributed by atoms with Gasteiger partial charge in [-0.05, 0) is 12.8 Å². The highest BCUT2D eigenvalue weighted by Gasteiger charge is 2.24. The van der Waals surface area contributed by atoms with Gasteiger partial charge in [-0.3, -0.25) is 0 Å². The first kappa shape index (κ1) is 21.2. The second kappa shape index (κ2) is 11.6. The second-order valence-corrected chi connectivity index (χ2v) is 8.53. The van der Waals surface area contributed by atoms with Gasteiger partial charge in [0.05, 0.1) is 6.54 Å². The Bertz CT molecular complexity index is 540. The van der Waals surface area contributed by atoms with E-state index in [4.69, 9.17) is 0 Å². The third-order valence-corrected chi connectivity index (χ3v) is 6.34. The first-order chi connectivity index (χ1) is 11.5. The third-order valence-electron chi connectivity index (χ3n) is 4.54. The highest BCUT2D eigenvalue weighted by atomic mass is 32.2. The molecule has 1 aromatic rings. The SMILES string of the molecule is CCCCCCCCCCCC[n+]1ccn(S(=O)(=O)N(C)CC)c1. The molecule has 0 aliphatic heterocycles. The molecule has 5 nitrogen and oxygen atoms in total. The molecule has 1 aromatic heterocycles. The summed E-state index contributed by atoms with van der Waals surface area (Å²) in [4.78, 5) is 0. The summed E-state index contributed by atoms with van der Waals surface area (Å²) in [5.74, 6) is 0. The van der Waals surface area contributed by atoms with E-state index in [2.05, 4.69) is 6.92 Å². The number of hydrogen-bond acceptors (Lipinski definition) is 2. The van der Waals surface area contributed by atoms with Crippen LogP contribution in [0.5, 0.6) is 0 Å². The first-order valence-electron chi connectivity index (χ1n) is 9.56. The maximum Gasteiger partial charge on any atom is 0.379 e. The van der Waals surface area contributed by atoms with Gasteiger partial charge in [-0.25, -0.2) is 4.57 Å². The van der Waals surface area contributed by atoms with Crippen molar-refractivity contribution in [2.24, 2.45) is 0 Å². The fraction of sp³-hybridized carbons (Fsp3) is 0.833. The molecule has 0 aliphatic rings. The molecule has 1 rings (SSSR count). The molecule has 6 heteroatoms. The van der Waals surface area contributed by atoms with E-state index in [9.17, 15) is 8.42 Å². The van der Waals surface area contributed by atoms with E-state index < -0.39 is 10.2 Å². The first-order valence-corrected chi connectivity index (χ1v) is 11.0. The summed E-state index contributed by atoms with van der Waals surface area (Å²) >= 11 is 0. The van der Waals surface area contributed by atoms with Gasteiger partial charge >= 0.3 is 10.2 Å². The molecule has 0 N–H and O–H groups in total. The molecule has 1 heterocycles. The number of aromatic nitrogens is 2. The zero-order chi connectivity index (χ0) is 17.8.